The fraction of sp³-hybridized carbons (Fsp3) is 0.611. The number of guanidine groups is 1. The second-order valence-electron chi connectivity index (χ2n) is 6.00. The predicted octanol–water partition coefficient (Wildman–Crippen LogP) is 2.78. The summed E-state index contributed by atoms with van der Waals surface area (Å²) in [4.78, 5) is 4.42. The van der Waals surface area contributed by atoms with Gasteiger partial charge in [-0.3, -0.25) is 4.99 Å². The van der Waals surface area contributed by atoms with Gasteiger partial charge >= 0.3 is 0 Å². The highest BCUT2D eigenvalue weighted by atomic mass is 19.1. The molecule has 2 atom stereocenters. The van der Waals surface area contributed by atoms with E-state index in [2.05, 4.69) is 15.6 Å². The molecule has 0 saturated carbocycles. The Morgan fingerprint density at radius 3 is 2.96 bits per heavy atom. The molecule has 2 N–H and O–H groups in total. The minimum Gasteiger partial charge on any atom is -0.377 e. The van der Waals surface area contributed by atoms with Crippen molar-refractivity contribution in [3.05, 3.63) is 35.4 Å². The molecule has 0 spiro atoms. The van der Waals surface area contributed by atoms with Gasteiger partial charge in [-0.25, -0.2) is 8.78 Å². The summed E-state index contributed by atoms with van der Waals surface area (Å²) in [6.07, 6.45) is 2.35. The van der Waals surface area contributed by atoms with Gasteiger partial charge < -0.3 is 20.1 Å². The Balaban J connectivity index is 1.81. The second-order valence-corrected chi connectivity index (χ2v) is 6.00. The molecule has 0 amide bonds. The topological polar surface area (TPSA) is 54.9 Å². The first kappa shape index (κ1) is 19.6. The maximum absolute atomic E-state index is 13.9. The van der Waals surface area contributed by atoms with E-state index >= 15 is 0 Å². The van der Waals surface area contributed by atoms with Crippen LogP contribution >= 0.6 is 0 Å². The number of nitrogens with one attached hydrogen (secondary N) is 2. The minimum absolute atomic E-state index is 0.205. The van der Waals surface area contributed by atoms with Gasteiger partial charge in [0.1, 0.15) is 11.6 Å². The molecule has 1 aromatic carbocycles. The molecule has 1 aliphatic heterocycles. The van der Waals surface area contributed by atoms with E-state index in [1.165, 1.54) is 12.1 Å². The first-order chi connectivity index (χ1) is 12.1. The summed E-state index contributed by atoms with van der Waals surface area (Å²) in [5, 5.41) is 6.23. The standard InChI is InChI=1S/C18H27F2N3O2/c1-3-21-18(22-8-10-24-12-15-5-4-9-25-15)23-13(2)16-7-6-14(19)11-17(16)20/h6-7,11,13,15H,3-5,8-10,12H2,1-2H3,(H2,21,22,23). The van der Waals surface area contributed by atoms with E-state index in [1.54, 1.807) is 6.92 Å². The van der Waals surface area contributed by atoms with E-state index in [-0.39, 0.29) is 12.1 Å². The van der Waals surface area contributed by atoms with Crippen molar-refractivity contribution >= 4 is 5.96 Å². The summed E-state index contributed by atoms with van der Waals surface area (Å²) in [5.41, 5.74) is 0.390. The lowest BCUT2D eigenvalue weighted by Crippen LogP contribution is -2.39. The van der Waals surface area contributed by atoms with E-state index in [4.69, 9.17) is 9.47 Å². The maximum atomic E-state index is 13.9. The number of hydrogen-bond acceptors (Lipinski definition) is 3. The van der Waals surface area contributed by atoms with Crippen molar-refractivity contribution in [1.29, 1.82) is 0 Å². The molecular formula is C18H27F2N3O2. The third kappa shape index (κ3) is 6.59. The van der Waals surface area contributed by atoms with Crippen LogP contribution in [0.25, 0.3) is 0 Å². The van der Waals surface area contributed by atoms with E-state index in [9.17, 15) is 8.78 Å². The molecule has 2 rings (SSSR count). The molecule has 25 heavy (non-hydrogen) atoms. The van der Waals surface area contributed by atoms with Crippen LogP contribution in [0.5, 0.6) is 0 Å². The third-order valence-corrected chi connectivity index (χ3v) is 3.96. The summed E-state index contributed by atoms with van der Waals surface area (Å²) in [6, 6.07) is 3.23. The fourth-order valence-electron chi connectivity index (χ4n) is 2.67. The van der Waals surface area contributed by atoms with Crippen molar-refractivity contribution < 1.29 is 18.3 Å². The van der Waals surface area contributed by atoms with Crippen LogP contribution in [0, 0.1) is 11.6 Å². The van der Waals surface area contributed by atoms with Gasteiger partial charge in [-0.2, -0.15) is 0 Å². The summed E-state index contributed by atoms with van der Waals surface area (Å²) < 4.78 is 38.0. The Bertz CT molecular complexity index is 563. The molecule has 1 saturated heterocycles. The number of hydrogen-bond donors (Lipinski definition) is 2. The molecule has 1 aromatic rings. The van der Waals surface area contributed by atoms with Crippen LogP contribution in [-0.2, 0) is 9.47 Å². The lowest BCUT2D eigenvalue weighted by atomic mass is 10.1. The van der Waals surface area contributed by atoms with E-state index in [1.807, 2.05) is 6.92 Å². The molecule has 140 valence electrons. The van der Waals surface area contributed by atoms with Crippen molar-refractivity contribution in [3.63, 3.8) is 0 Å². The SMILES string of the molecule is CCNC(=NCCOCC1CCCO1)NC(C)c1ccc(F)cc1F. The number of ether oxygens (including phenoxy) is 2. The number of nitrogens with zero attached hydrogens (tertiary/aromatic N) is 1. The Labute approximate surface area is 147 Å². The zero-order valence-corrected chi connectivity index (χ0v) is 14.9. The number of aliphatic imine (C=N–C) groups is 1. The maximum Gasteiger partial charge on any atom is 0.191 e. The molecule has 0 radical (unpaired) electrons. The summed E-state index contributed by atoms with van der Waals surface area (Å²) in [5.74, 6) is -0.590. The molecule has 2 unspecified atom stereocenters. The zero-order valence-electron chi connectivity index (χ0n) is 14.9. The average Bonchev–Trinajstić information content (AvgIpc) is 3.07. The number of halogens is 2. The molecule has 1 fully saturated rings. The van der Waals surface area contributed by atoms with Gasteiger partial charge in [-0.15, -0.1) is 0 Å². The first-order valence-electron chi connectivity index (χ1n) is 8.79. The summed E-state index contributed by atoms with van der Waals surface area (Å²) in [7, 11) is 0. The van der Waals surface area contributed by atoms with Gasteiger partial charge in [0, 0.05) is 24.8 Å². The molecule has 7 heteroatoms. The van der Waals surface area contributed by atoms with E-state index in [0.29, 0.717) is 37.8 Å². The highest BCUT2D eigenvalue weighted by molar-refractivity contribution is 5.80. The van der Waals surface area contributed by atoms with Crippen LogP contribution in [0.1, 0.15) is 38.3 Å². The van der Waals surface area contributed by atoms with Crippen LogP contribution in [0.2, 0.25) is 0 Å². The number of benzene rings is 1. The third-order valence-electron chi connectivity index (χ3n) is 3.96. The number of rotatable bonds is 8. The van der Waals surface area contributed by atoms with Crippen LogP contribution in [-0.4, -0.2) is 45.0 Å². The van der Waals surface area contributed by atoms with Crippen LogP contribution in [0.3, 0.4) is 0 Å². The lowest BCUT2D eigenvalue weighted by Gasteiger charge is -2.19. The quantitative estimate of drug-likeness (QED) is 0.428. The van der Waals surface area contributed by atoms with Gasteiger partial charge in [0.25, 0.3) is 0 Å². The van der Waals surface area contributed by atoms with Crippen molar-refractivity contribution in [2.75, 3.05) is 32.9 Å². The average molecular weight is 355 g/mol. The summed E-state index contributed by atoms with van der Waals surface area (Å²) in [6.45, 7) is 6.83. The molecule has 0 aromatic heterocycles. The smallest absolute Gasteiger partial charge is 0.191 e. The normalized spacial score (nSPS) is 19.0. The largest absolute Gasteiger partial charge is 0.377 e. The zero-order chi connectivity index (χ0) is 18.1. The minimum atomic E-state index is -0.586. The van der Waals surface area contributed by atoms with Crippen molar-refractivity contribution in [2.45, 2.75) is 38.8 Å². The Morgan fingerprint density at radius 2 is 2.28 bits per heavy atom. The Morgan fingerprint density at radius 1 is 1.44 bits per heavy atom. The van der Waals surface area contributed by atoms with Crippen molar-refractivity contribution in [3.8, 4) is 0 Å². The molecule has 1 heterocycles. The van der Waals surface area contributed by atoms with Gasteiger partial charge in [-0.05, 0) is 32.8 Å². The second kappa shape index (κ2) is 10.3. The molecule has 0 bridgehead atoms. The van der Waals surface area contributed by atoms with Gasteiger partial charge in [-0.1, -0.05) is 6.07 Å². The Hall–Kier alpha value is -1.73. The van der Waals surface area contributed by atoms with Crippen molar-refractivity contribution in [2.24, 2.45) is 4.99 Å². The van der Waals surface area contributed by atoms with Crippen LogP contribution in [0.4, 0.5) is 8.78 Å². The Kier molecular flexibility index (Phi) is 8.08. The van der Waals surface area contributed by atoms with E-state index in [0.717, 1.165) is 25.5 Å². The monoisotopic (exact) mass is 355 g/mol. The molecule has 1 aliphatic rings. The molecule has 5 nitrogen and oxygen atoms in total. The molecule has 0 aliphatic carbocycles. The van der Waals surface area contributed by atoms with E-state index < -0.39 is 11.6 Å². The fourth-order valence-corrected chi connectivity index (χ4v) is 2.67. The van der Waals surface area contributed by atoms with Crippen molar-refractivity contribution in [1.82, 2.24) is 10.6 Å². The van der Waals surface area contributed by atoms with Gasteiger partial charge in [0.05, 0.1) is 31.9 Å². The highest BCUT2D eigenvalue weighted by Gasteiger charge is 2.15. The molecular weight excluding hydrogens is 328 g/mol. The predicted molar refractivity (Wildman–Crippen MR) is 93.7 cm³/mol. The highest BCUT2D eigenvalue weighted by Crippen LogP contribution is 2.17. The lowest BCUT2D eigenvalue weighted by molar-refractivity contribution is 0.0200. The summed E-state index contributed by atoms with van der Waals surface area (Å²) >= 11 is 0. The van der Waals surface area contributed by atoms with Crippen LogP contribution in [0.15, 0.2) is 23.2 Å². The van der Waals surface area contributed by atoms with Crippen LogP contribution < -0.4 is 10.6 Å². The van der Waals surface area contributed by atoms with Gasteiger partial charge in [0.2, 0.25) is 0 Å². The van der Waals surface area contributed by atoms with Gasteiger partial charge in [0.15, 0.2) is 5.96 Å². The first-order valence-corrected chi connectivity index (χ1v) is 8.79.